The van der Waals surface area contributed by atoms with Gasteiger partial charge in [-0.1, -0.05) is 36.4 Å². The third-order valence-electron chi connectivity index (χ3n) is 4.90. The molecule has 0 fully saturated rings. The Bertz CT molecular complexity index is 1500. The molecule has 0 bridgehead atoms. The lowest BCUT2D eigenvalue weighted by Gasteiger charge is -2.11. The molecular weight excluding hydrogens is 504 g/mol. The van der Waals surface area contributed by atoms with E-state index < -0.39 is 5.82 Å². The molecule has 0 saturated heterocycles. The van der Waals surface area contributed by atoms with Crippen LogP contribution in [-0.2, 0) is 11.2 Å². The first kappa shape index (κ1) is 23.0. The summed E-state index contributed by atoms with van der Waals surface area (Å²) in [6, 6.07) is 19.6. The van der Waals surface area contributed by atoms with Gasteiger partial charge in [-0.05, 0) is 47.4 Å². The predicted octanol–water partition coefficient (Wildman–Crippen LogP) is 6.41. The minimum Gasteiger partial charge on any atom is -0.434 e. The monoisotopic (exact) mass is 520 g/mol. The zero-order chi connectivity index (χ0) is 24.2. The number of ether oxygens (including phenoxy) is 1. The van der Waals surface area contributed by atoms with E-state index in [1.165, 1.54) is 29.8 Å². The van der Waals surface area contributed by atoms with Crippen LogP contribution in [0.2, 0.25) is 0 Å². The third-order valence-corrected chi connectivity index (χ3v) is 7.28. The van der Waals surface area contributed by atoms with E-state index in [9.17, 15) is 9.18 Å². The van der Waals surface area contributed by atoms with E-state index in [2.05, 4.69) is 20.6 Å². The maximum atomic E-state index is 14.8. The second kappa shape index (κ2) is 10.3. The summed E-state index contributed by atoms with van der Waals surface area (Å²) in [5.74, 6) is -0.568. The van der Waals surface area contributed by atoms with E-state index in [-0.39, 0.29) is 29.1 Å². The van der Waals surface area contributed by atoms with Gasteiger partial charge in [0.2, 0.25) is 11.8 Å². The van der Waals surface area contributed by atoms with Gasteiger partial charge in [-0.25, -0.2) is 14.4 Å². The van der Waals surface area contributed by atoms with E-state index >= 15 is 0 Å². The Morgan fingerprint density at radius 2 is 1.89 bits per heavy atom. The number of fused-ring (bicyclic) bond motifs is 1. The van der Waals surface area contributed by atoms with Gasteiger partial charge in [-0.3, -0.25) is 4.79 Å². The molecule has 0 aliphatic rings. The normalized spacial score (nSPS) is 10.8. The van der Waals surface area contributed by atoms with Gasteiger partial charge in [-0.15, -0.1) is 22.7 Å². The highest BCUT2D eigenvalue weighted by Crippen LogP contribution is 2.39. The Kier molecular flexibility index (Phi) is 6.75. The first-order chi connectivity index (χ1) is 17.0. The molecule has 3 aromatic heterocycles. The van der Waals surface area contributed by atoms with Crippen molar-refractivity contribution in [3.63, 3.8) is 0 Å². The van der Waals surface area contributed by atoms with Gasteiger partial charge in [0, 0.05) is 21.5 Å². The van der Waals surface area contributed by atoms with Crippen LogP contribution in [0.3, 0.4) is 0 Å². The molecule has 0 aliphatic heterocycles. The minimum absolute atomic E-state index is 0.0145. The number of carbonyl (C=O) groups is 1. The van der Waals surface area contributed by atoms with Crippen molar-refractivity contribution in [3.8, 4) is 21.4 Å². The molecular formula is C25H17FN4O2S3. The molecule has 6 nitrogen and oxygen atoms in total. The number of thiophene rings is 2. The lowest BCUT2D eigenvalue weighted by atomic mass is 10.1. The van der Waals surface area contributed by atoms with Crippen LogP contribution in [0.5, 0.6) is 11.6 Å². The SMILES string of the molecule is O=C(Cc1ccccc1)NC(=S)Nc1ccc(Oc2ncnc3cc(-c4cccs4)sc23)c(F)c1. The summed E-state index contributed by atoms with van der Waals surface area (Å²) < 4.78 is 21.4. The Morgan fingerprint density at radius 1 is 1.03 bits per heavy atom. The smallest absolute Gasteiger partial charge is 0.240 e. The number of hydrogen-bond acceptors (Lipinski definition) is 7. The van der Waals surface area contributed by atoms with Crippen molar-refractivity contribution >= 4 is 61.8 Å². The van der Waals surface area contributed by atoms with E-state index in [1.807, 2.05) is 53.9 Å². The van der Waals surface area contributed by atoms with Crippen molar-refractivity contribution in [2.75, 3.05) is 5.32 Å². The molecule has 0 atom stereocenters. The number of anilines is 1. The van der Waals surface area contributed by atoms with Crippen LogP contribution in [-0.4, -0.2) is 21.0 Å². The average molecular weight is 521 g/mol. The van der Waals surface area contributed by atoms with Gasteiger partial charge in [0.15, 0.2) is 16.7 Å². The van der Waals surface area contributed by atoms with Crippen LogP contribution < -0.4 is 15.4 Å². The van der Waals surface area contributed by atoms with Crippen molar-refractivity contribution in [3.05, 3.63) is 89.8 Å². The number of benzene rings is 2. The van der Waals surface area contributed by atoms with Gasteiger partial charge in [-0.2, -0.15) is 0 Å². The highest BCUT2D eigenvalue weighted by molar-refractivity contribution is 7.80. The van der Waals surface area contributed by atoms with Crippen molar-refractivity contribution in [2.45, 2.75) is 6.42 Å². The van der Waals surface area contributed by atoms with Gasteiger partial charge >= 0.3 is 0 Å². The van der Waals surface area contributed by atoms with Crippen molar-refractivity contribution < 1.29 is 13.9 Å². The van der Waals surface area contributed by atoms with E-state index in [0.29, 0.717) is 5.69 Å². The number of nitrogens with zero attached hydrogens (tertiary/aromatic N) is 2. The molecule has 5 aromatic rings. The number of aromatic nitrogens is 2. The summed E-state index contributed by atoms with van der Waals surface area (Å²) in [5, 5.41) is 7.51. The largest absolute Gasteiger partial charge is 0.434 e. The third kappa shape index (κ3) is 5.51. The summed E-state index contributed by atoms with van der Waals surface area (Å²) in [4.78, 5) is 22.9. The van der Waals surface area contributed by atoms with Crippen LogP contribution in [0.4, 0.5) is 10.1 Å². The fraction of sp³-hybridized carbons (Fsp3) is 0.0400. The number of thiocarbonyl (C=S) groups is 1. The van der Waals surface area contributed by atoms with Gasteiger partial charge in [0.05, 0.1) is 11.9 Å². The van der Waals surface area contributed by atoms with E-state index in [0.717, 1.165) is 25.5 Å². The highest BCUT2D eigenvalue weighted by atomic mass is 32.1. The molecule has 174 valence electrons. The van der Waals surface area contributed by atoms with Gasteiger partial charge < -0.3 is 15.4 Å². The molecule has 5 rings (SSSR count). The molecule has 10 heteroatoms. The summed E-state index contributed by atoms with van der Waals surface area (Å²) >= 11 is 8.31. The molecule has 0 aliphatic carbocycles. The van der Waals surface area contributed by atoms with Crippen LogP contribution in [0.1, 0.15) is 5.56 Å². The standard InChI is InChI=1S/C25H17FN4O2S3/c26-17-12-16(29-25(33)30-22(31)11-15-5-2-1-3-6-15)8-9-19(17)32-24-23-18(27-14-28-24)13-21(35-23)20-7-4-10-34-20/h1-10,12-14H,11H2,(H2,29,30,31,33). The number of nitrogens with one attached hydrogen (secondary N) is 2. The minimum atomic E-state index is -0.602. The number of rotatable bonds is 6. The van der Waals surface area contributed by atoms with E-state index in [4.69, 9.17) is 17.0 Å². The molecule has 0 radical (unpaired) electrons. The Morgan fingerprint density at radius 3 is 2.66 bits per heavy atom. The summed E-state index contributed by atoms with van der Waals surface area (Å²) in [6.45, 7) is 0. The zero-order valence-corrected chi connectivity index (χ0v) is 20.5. The number of halogens is 1. The predicted molar refractivity (Wildman–Crippen MR) is 142 cm³/mol. The Hall–Kier alpha value is -3.73. The average Bonchev–Trinajstić information content (AvgIpc) is 3.51. The second-order valence-electron chi connectivity index (χ2n) is 7.39. The lowest BCUT2D eigenvalue weighted by Crippen LogP contribution is -2.35. The van der Waals surface area contributed by atoms with Crippen molar-refractivity contribution in [1.29, 1.82) is 0 Å². The number of amides is 1. The van der Waals surface area contributed by atoms with Crippen LogP contribution in [0, 0.1) is 5.82 Å². The molecule has 2 N–H and O–H groups in total. The van der Waals surface area contributed by atoms with Crippen LogP contribution in [0.25, 0.3) is 20.0 Å². The molecule has 35 heavy (non-hydrogen) atoms. The topological polar surface area (TPSA) is 76.1 Å². The molecule has 0 unspecified atom stereocenters. The fourth-order valence-electron chi connectivity index (χ4n) is 3.33. The number of carbonyl (C=O) groups excluding carboxylic acids is 1. The molecule has 3 heterocycles. The number of hydrogen-bond donors (Lipinski definition) is 2. The summed E-state index contributed by atoms with van der Waals surface area (Å²) in [7, 11) is 0. The van der Waals surface area contributed by atoms with Gasteiger partial charge in [0.1, 0.15) is 11.0 Å². The van der Waals surface area contributed by atoms with Crippen LogP contribution in [0.15, 0.2) is 78.4 Å². The maximum absolute atomic E-state index is 14.8. The summed E-state index contributed by atoms with van der Waals surface area (Å²) in [6.07, 6.45) is 1.58. The van der Waals surface area contributed by atoms with Gasteiger partial charge in [0.25, 0.3) is 0 Å². The molecule has 0 saturated carbocycles. The van der Waals surface area contributed by atoms with Crippen molar-refractivity contribution in [2.24, 2.45) is 0 Å². The second-order valence-corrected chi connectivity index (χ2v) is 9.80. The Balaban J connectivity index is 1.26. The van der Waals surface area contributed by atoms with Crippen molar-refractivity contribution in [1.82, 2.24) is 15.3 Å². The summed E-state index contributed by atoms with van der Waals surface area (Å²) in [5.41, 5.74) is 1.98. The lowest BCUT2D eigenvalue weighted by molar-refractivity contribution is -0.119. The van der Waals surface area contributed by atoms with Crippen LogP contribution >= 0.6 is 34.9 Å². The zero-order valence-electron chi connectivity index (χ0n) is 18.0. The Labute approximate surface area is 213 Å². The molecule has 1 amide bonds. The fourth-order valence-corrected chi connectivity index (χ4v) is 5.42. The maximum Gasteiger partial charge on any atom is 0.240 e. The molecule has 0 spiro atoms. The first-order valence-corrected chi connectivity index (χ1v) is 12.6. The molecule has 2 aromatic carbocycles. The quantitative estimate of drug-likeness (QED) is 0.252. The first-order valence-electron chi connectivity index (χ1n) is 10.5. The van der Waals surface area contributed by atoms with E-state index in [1.54, 1.807) is 17.4 Å². The highest BCUT2D eigenvalue weighted by Gasteiger charge is 2.15.